The Labute approximate surface area is 173 Å². The third-order valence-electron chi connectivity index (χ3n) is 3.66. The molecule has 1 rings (SSSR count). The Balaban J connectivity index is 2.41. The highest BCUT2D eigenvalue weighted by Crippen LogP contribution is 2.07. The lowest BCUT2D eigenvalue weighted by molar-refractivity contribution is -0.182. The minimum Gasteiger partial charge on any atom is -0.481 e. The van der Waals surface area contributed by atoms with Crippen LogP contribution < -0.4 is 0 Å². The highest BCUT2D eigenvalue weighted by Gasteiger charge is 2.28. The molecule has 1 aromatic rings. The zero-order valence-electron chi connectivity index (χ0n) is 16.9. The van der Waals surface area contributed by atoms with Crippen molar-refractivity contribution in [2.24, 2.45) is 0 Å². The van der Waals surface area contributed by atoms with E-state index >= 15 is 0 Å². The van der Waals surface area contributed by atoms with E-state index in [0.717, 1.165) is 5.56 Å². The fourth-order valence-corrected chi connectivity index (χ4v) is 2.00. The van der Waals surface area contributed by atoms with Gasteiger partial charge in [0.15, 0.2) is 18.3 Å². The molecule has 0 heterocycles. The van der Waals surface area contributed by atoms with Crippen LogP contribution in [0.5, 0.6) is 0 Å². The second-order valence-electron chi connectivity index (χ2n) is 6.28. The van der Waals surface area contributed by atoms with Gasteiger partial charge in [-0.05, 0) is 26.3 Å². The zero-order valence-corrected chi connectivity index (χ0v) is 16.9. The number of benzene rings is 1. The van der Waals surface area contributed by atoms with Crippen LogP contribution in [0.4, 0.5) is 0 Å². The van der Waals surface area contributed by atoms with E-state index in [1.54, 1.807) is 24.3 Å². The van der Waals surface area contributed by atoms with Crippen LogP contribution in [0.25, 0.3) is 0 Å². The van der Waals surface area contributed by atoms with Gasteiger partial charge in [-0.15, -0.1) is 0 Å². The van der Waals surface area contributed by atoms with Gasteiger partial charge in [-0.25, -0.2) is 14.4 Å². The number of esters is 4. The Morgan fingerprint density at radius 1 is 0.767 bits per heavy atom. The summed E-state index contributed by atoms with van der Waals surface area (Å²) in [6.07, 6.45) is -4.81. The molecule has 0 fully saturated rings. The minimum atomic E-state index is -1.37. The maximum atomic E-state index is 12.0. The van der Waals surface area contributed by atoms with Crippen molar-refractivity contribution < 1.29 is 48.0 Å². The molecule has 0 aliphatic heterocycles. The molecule has 1 aromatic carbocycles. The van der Waals surface area contributed by atoms with E-state index < -0.39 is 61.0 Å². The molecule has 0 aliphatic rings. The molecule has 0 amide bonds. The molecule has 0 bridgehead atoms. The molecule has 0 unspecified atom stereocenters. The van der Waals surface area contributed by atoms with Crippen molar-refractivity contribution in [2.75, 3.05) is 0 Å². The number of carboxylic acid groups (broad SMARTS) is 1. The lowest BCUT2D eigenvalue weighted by Gasteiger charge is -2.18. The van der Waals surface area contributed by atoms with Crippen LogP contribution in [0.1, 0.15) is 39.2 Å². The Hall–Kier alpha value is -3.43. The van der Waals surface area contributed by atoms with Crippen molar-refractivity contribution in [1.29, 1.82) is 0 Å². The summed E-state index contributed by atoms with van der Waals surface area (Å²) in [5, 5.41) is 8.50. The highest BCUT2D eigenvalue weighted by molar-refractivity contribution is 5.85. The van der Waals surface area contributed by atoms with Crippen LogP contribution in [-0.2, 0) is 49.5 Å². The Morgan fingerprint density at radius 3 is 1.80 bits per heavy atom. The maximum absolute atomic E-state index is 12.0. The largest absolute Gasteiger partial charge is 0.481 e. The Bertz CT molecular complexity index is 758. The fraction of sp³-hybridized carbons (Fsp3) is 0.450. The smallest absolute Gasteiger partial charge is 0.347 e. The first-order chi connectivity index (χ1) is 14.1. The van der Waals surface area contributed by atoms with Crippen LogP contribution in [0.3, 0.4) is 0 Å². The lowest BCUT2D eigenvalue weighted by Crippen LogP contribution is -2.36. The van der Waals surface area contributed by atoms with Crippen LogP contribution in [0, 0.1) is 0 Å². The molecule has 164 valence electrons. The predicted octanol–water partition coefficient (Wildman–Crippen LogP) is 1.39. The molecule has 0 spiro atoms. The summed E-state index contributed by atoms with van der Waals surface area (Å²) >= 11 is 0. The number of aliphatic carboxylic acids is 1. The molecule has 1 N–H and O–H groups in total. The normalized spacial score (nSPS) is 13.3. The number of rotatable bonds is 11. The zero-order chi connectivity index (χ0) is 22.7. The summed E-state index contributed by atoms with van der Waals surface area (Å²) < 4.78 is 19.6. The van der Waals surface area contributed by atoms with E-state index in [-0.39, 0.29) is 6.61 Å². The summed E-state index contributed by atoms with van der Waals surface area (Å²) in [5.41, 5.74) is 0.763. The molecule has 30 heavy (non-hydrogen) atoms. The SMILES string of the molecule is C[C@H](OC(=O)CCC(=O)O)C(=O)O[C@@H](C)C(=O)O[C@@H](C)C(=O)OCc1ccccc1. The first-order valence-electron chi connectivity index (χ1n) is 9.13. The van der Waals surface area contributed by atoms with Gasteiger partial charge in [-0.3, -0.25) is 9.59 Å². The summed E-state index contributed by atoms with van der Waals surface area (Å²) in [6.45, 7) is 3.76. The molecule has 0 saturated carbocycles. The minimum absolute atomic E-state index is 0.0108. The molecule has 3 atom stereocenters. The highest BCUT2D eigenvalue weighted by atomic mass is 16.6. The van der Waals surface area contributed by atoms with Gasteiger partial charge in [0.25, 0.3) is 0 Å². The van der Waals surface area contributed by atoms with Gasteiger partial charge in [-0.2, -0.15) is 0 Å². The van der Waals surface area contributed by atoms with E-state index in [4.69, 9.17) is 24.1 Å². The van der Waals surface area contributed by atoms with Gasteiger partial charge in [0.1, 0.15) is 6.61 Å². The topological polar surface area (TPSA) is 143 Å². The lowest BCUT2D eigenvalue weighted by atomic mass is 10.2. The average molecular weight is 424 g/mol. The quantitative estimate of drug-likeness (QED) is 0.409. The number of carbonyl (C=O) groups excluding carboxylic acids is 4. The number of hydrogen-bond acceptors (Lipinski definition) is 9. The van der Waals surface area contributed by atoms with E-state index in [2.05, 4.69) is 0 Å². The monoisotopic (exact) mass is 424 g/mol. The van der Waals surface area contributed by atoms with Gasteiger partial charge in [0.2, 0.25) is 0 Å². The summed E-state index contributed by atoms with van der Waals surface area (Å²) in [6, 6.07) is 8.92. The molecule has 0 aromatic heterocycles. The third kappa shape index (κ3) is 9.18. The summed E-state index contributed by atoms with van der Waals surface area (Å²) in [4.78, 5) is 57.7. The first-order valence-corrected chi connectivity index (χ1v) is 9.13. The second-order valence-corrected chi connectivity index (χ2v) is 6.28. The van der Waals surface area contributed by atoms with Crippen molar-refractivity contribution in [3.63, 3.8) is 0 Å². The standard InChI is InChI=1S/C20H24O10/c1-12(18(24)27-11-15-7-5-4-6-8-15)29-20(26)14(3)30-19(25)13(2)28-17(23)10-9-16(21)22/h4-8,12-14H,9-11H2,1-3H3,(H,21,22)/t12-,13-,14-/m0/s1. The fourth-order valence-electron chi connectivity index (χ4n) is 2.00. The number of carbonyl (C=O) groups is 5. The Morgan fingerprint density at radius 2 is 1.27 bits per heavy atom. The molecule has 0 saturated heterocycles. The number of hydrogen-bond donors (Lipinski definition) is 1. The number of ether oxygens (including phenoxy) is 4. The first kappa shape index (κ1) is 24.6. The molecule has 10 nitrogen and oxygen atoms in total. The van der Waals surface area contributed by atoms with Gasteiger partial charge in [0, 0.05) is 0 Å². The van der Waals surface area contributed by atoms with E-state index in [1.807, 2.05) is 6.07 Å². The second kappa shape index (κ2) is 12.2. The van der Waals surface area contributed by atoms with Crippen molar-refractivity contribution in [2.45, 2.75) is 58.5 Å². The van der Waals surface area contributed by atoms with Gasteiger partial charge in [0.05, 0.1) is 12.8 Å². The van der Waals surface area contributed by atoms with Crippen molar-refractivity contribution in [3.8, 4) is 0 Å². The van der Waals surface area contributed by atoms with Gasteiger partial charge >= 0.3 is 29.8 Å². The number of carboxylic acids is 1. The van der Waals surface area contributed by atoms with Crippen molar-refractivity contribution in [1.82, 2.24) is 0 Å². The van der Waals surface area contributed by atoms with Crippen LogP contribution in [-0.4, -0.2) is 53.3 Å². The summed E-state index contributed by atoms with van der Waals surface area (Å²) in [5.74, 6) is -4.87. The molecule has 0 radical (unpaired) electrons. The van der Waals surface area contributed by atoms with Gasteiger partial charge < -0.3 is 24.1 Å². The van der Waals surface area contributed by atoms with Gasteiger partial charge in [-0.1, -0.05) is 30.3 Å². The van der Waals surface area contributed by atoms with Crippen LogP contribution >= 0.6 is 0 Å². The van der Waals surface area contributed by atoms with E-state index in [0.29, 0.717) is 0 Å². The van der Waals surface area contributed by atoms with E-state index in [9.17, 15) is 24.0 Å². The van der Waals surface area contributed by atoms with Crippen molar-refractivity contribution in [3.05, 3.63) is 35.9 Å². The maximum Gasteiger partial charge on any atom is 0.347 e. The van der Waals surface area contributed by atoms with Crippen LogP contribution in [0.15, 0.2) is 30.3 Å². The van der Waals surface area contributed by atoms with E-state index in [1.165, 1.54) is 20.8 Å². The van der Waals surface area contributed by atoms with Crippen molar-refractivity contribution >= 4 is 29.8 Å². The molecule has 10 heteroatoms. The predicted molar refractivity (Wildman–Crippen MR) is 99.8 cm³/mol. The molecular formula is C20H24O10. The van der Waals surface area contributed by atoms with Crippen LogP contribution in [0.2, 0.25) is 0 Å². The summed E-state index contributed by atoms with van der Waals surface area (Å²) in [7, 11) is 0. The average Bonchev–Trinajstić information content (AvgIpc) is 2.70. The molecule has 0 aliphatic carbocycles. The third-order valence-corrected chi connectivity index (χ3v) is 3.66. The Kier molecular flexibility index (Phi) is 10.0. The molecular weight excluding hydrogens is 400 g/mol.